The molecule has 176 valence electrons. The Morgan fingerprint density at radius 3 is 2.29 bits per heavy atom. The average molecular weight is 507 g/mol. The predicted molar refractivity (Wildman–Crippen MR) is 135 cm³/mol. The summed E-state index contributed by atoms with van der Waals surface area (Å²) in [6.45, 7) is 0. The second-order valence-electron chi connectivity index (χ2n) is 7.78. The van der Waals surface area contributed by atoms with Gasteiger partial charge in [-0.1, -0.05) is 35.1 Å². The highest BCUT2D eigenvalue weighted by Gasteiger charge is 2.48. The molecule has 5 rings (SSSR count). The van der Waals surface area contributed by atoms with E-state index in [1.807, 2.05) is 6.07 Å². The van der Waals surface area contributed by atoms with E-state index in [1.165, 1.54) is 23.3 Å². The van der Waals surface area contributed by atoms with Crippen LogP contribution in [-0.2, 0) is 9.59 Å². The number of carbonyl (C=O) groups excluding carboxylic acids is 2. The molecule has 1 atom stereocenters. The predicted octanol–water partition coefficient (Wildman–Crippen LogP) is 5.59. The lowest BCUT2D eigenvalue weighted by Gasteiger charge is -2.23. The number of hydrogen-bond acceptors (Lipinski definition) is 7. The maximum atomic E-state index is 13.3. The number of amides is 1. The number of aromatic nitrogens is 1. The van der Waals surface area contributed by atoms with Crippen LogP contribution in [0.2, 0.25) is 5.02 Å². The largest absolute Gasteiger partial charge is 0.507 e. The number of halogens is 1. The summed E-state index contributed by atoms with van der Waals surface area (Å²) < 4.78 is 11.3. The van der Waals surface area contributed by atoms with Crippen LogP contribution in [0.15, 0.2) is 72.3 Å². The Kier molecular flexibility index (Phi) is 5.92. The van der Waals surface area contributed by atoms with Crippen molar-refractivity contribution in [3.05, 3.63) is 88.5 Å². The molecule has 0 bridgehead atoms. The van der Waals surface area contributed by atoms with Gasteiger partial charge in [-0.3, -0.25) is 14.5 Å². The van der Waals surface area contributed by atoms with Crippen LogP contribution in [0, 0.1) is 0 Å². The Morgan fingerprint density at radius 2 is 1.63 bits per heavy atom. The molecule has 1 aliphatic rings. The first-order chi connectivity index (χ1) is 16.9. The van der Waals surface area contributed by atoms with Gasteiger partial charge in [-0.2, -0.15) is 0 Å². The summed E-state index contributed by atoms with van der Waals surface area (Å²) in [5.41, 5.74) is 1.63. The highest BCUT2D eigenvalue weighted by atomic mass is 35.5. The monoisotopic (exact) mass is 506 g/mol. The molecule has 7 nitrogen and oxygen atoms in total. The summed E-state index contributed by atoms with van der Waals surface area (Å²) in [5.74, 6) is -0.595. The third-order valence-electron chi connectivity index (χ3n) is 5.78. The number of anilines is 1. The van der Waals surface area contributed by atoms with Gasteiger partial charge in [0.15, 0.2) is 5.13 Å². The Hall–Kier alpha value is -3.88. The smallest absolute Gasteiger partial charge is 0.301 e. The van der Waals surface area contributed by atoms with E-state index >= 15 is 0 Å². The molecule has 0 spiro atoms. The van der Waals surface area contributed by atoms with E-state index in [1.54, 1.807) is 67.8 Å². The Morgan fingerprint density at radius 1 is 0.971 bits per heavy atom. The van der Waals surface area contributed by atoms with Gasteiger partial charge in [0.2, 0.25) is 0 Å². The van der Waals surface area contributed by atoms with E-state index in [0.29, 0.717) is 38.3 Å². The molecule has 0 saturated carbocycles. The summed E-state index contributed by atoms with van der Waals surface area (Å²) in [6, 6.07) is 17.9. The minimum atomic E-state index is -0.892. The zero-order valence-electron chi connectivity index (χ0n) is 18.7. The molecule has 4 aromatic rings. The lowest BCUT2D eigenvalue weighted by molar-refractivity contribution is -0.132. The van der Waals surface area contributed by atoms with E-state index in [2.05, 4.69) is 4.98 Å². The lowest BCUT2D eigenvalue weighted by Crippen LogP contribution is -2.29. The topological polar surface area (TPSA) is 89.0 Å². The van der Waals surface area contributed by atoms with Gasteiger partial charge >= 0.3 is 5.91 Å². The van der Waals surface area contributed by atoms with Gasteiger partial charge in [0.05, 0.1) is 36.1 Å². The first-order valence-electron chi connectivity index (χ1n) is 10.6. The molecule has 2 heterocycles. The van der Waals surface area contributed by atoms with Crippen LogP contribution in [0.1, 0.15) is 17.2 Å². The summed E-state index contributed by atoms with van der Waals surface area (Å²) in [7, 11) is 3.11. The number of ether oxygens (including phenoxy) is 2. The van der Waals surface area contributed by atoms with Crippen molar-refractivity contribution < 1.29 is 24.2 Å². The normalized spacial score (nSPS) is 17.2. The van der Waals surface area contributed by atoms with Crippen molar-refractivity contribution in [1.82, 2.24) is 4.98 Å². The van der Waals surface area contributed by atoms with Crippen LogP contribution in [0.4, 0.5) is 5.13 Å². The summed E-state index contributed by atoms with van der Waals surface area (Å²) in [5, 5.41) is 12.1. The van der Waals surface area contributed by atoms with Crippen LogP contribution >= 0.6 is 22.9 Å². The summed E-state index contributed by atoms with van der Waals surface area (Å²) >= 11 is 7.35. The van der Waals surface area contributed by atoms with Gasteiger partial charge in [-0.25, -0.2) is 4.98 Å². The average Bonchev–Trinajstić information content (AvgIpc) is 3.41. The molecule has 1 amide bonds. The number of Topliss-reactive ketones (excluding diaryl/α,β-unsaturated/α-hetero) is 1. The molecule has 0 unspecified atom stereocenters. The number of carbonyl (C=O) groups is 2. The molecular weight excluding hydrogens is 488 g/mol. The lowest BCUT2D eigenvalue weighted by atomic mass is 9.95. The quantitative estimate of drug-likeness (QED) is 0.215. The van der Waals surface area contributed by atoms with Crippen LogP contribution < -0.4 is 14.4 Å². The maximum absolute atomic E-state index is 13.3. The van der Waals surface area contributed by atoms with Gasteiger partial charge in [0.25, 0.3) is 5.78 Å². The third-order valence-corrected chi connectivity index (χ3v) is 7.05. The van der Waals surface area contributed by atoms with E-state index in [4.69, 9.17) is 21.1 Å². The molecule has 1 aliphatic heterocycles. The highest BCUT2D eigenvalue weighted by Crippen LogP contribution is 2.44. The fourth-order valence-corrected chi connectivity index (χ4v) is 5.16. The van der Waals surface area contributed by atoms with Gasteiger partial charge in [0, 0.05) is 10.6 Å². The zero-order valence-corrected chi connectivity index (χ0v) is 20.3. The second kappa shape index (κ2) is 9.05. The highest BCUT2D eigenvalue weighted by molar-refractivity contribution is 7.22. The molecule has 0 aliphatic carbocycles. The Bertz CT molecular complexity index is 1480. The van der Waals surface area contributed by atoms with Crippen molar-refractivity contribution >= 4 is 55.7 Å². The van der Waals surface area contributed by atoms with Gasteiger partial charge in [-0.05, 0) is 60.2 Å². The summed E-state index contributed by atoms with van der Waals surface area (Å²) in [6.07, 6.45) is 0. The molecule has 1 aromatic heterocycles. The van der Waals surface area contributed by atoms with Crippen LogP contribution in [-0.4, -0.2) is 36.0 Å². The number of ketones is 1. The zero-order chi connectivity index (χ0) is 24.7. The van der Waals surface area contributed by atoms with Crippen LogP contribution in [0.5, 0.6) is 11.5 Å². The van der Waals surface area contributed by atoms with E-state index in [-0.39, 0.29) is 11.3 Å². The number of thiazole rings is 1. The number of fused-ring (bicyclic) bond motifs is 1. The molecule has 1 N–H and O–H groups in total. The first kappa shape index (κ1) is 22.9. The number of aliphatic hydroxyl groups is 1. The number of aliphatic hydroxyl groups excluding tert-OH is 1. The molecule has 1 saturated heterocycles. The van der Waals surface area contributed by atoms with Gasteiger partial charge < -0.3 is 14.6 Å². The molecular formula is C26H19ClN2O5S. The van der Waals surface area contributed by atoms with E-state index < -0.39 is 17.7 Å². The molecule has 35 heavy (non-hydrogen) atoms. The molecule has 9 heteroatoms. The number of methoxy groups -OCH3 is 2. The minimum Gasteiger partial charge on any atom is -0.507 e. The number of nitrogens with zero attached hydrogens (tertiary/aromatic N) is 2. The van der Waals surface area contributed by atoms with Crippen molar-refractivity contribution in [2.75, 3.05) is 19.1 Å². The SMILES string of the molecule is COc1ccc(C(O)=C2C(=O)C(=O)N(c3nc4ccc(OC)cc4s3)[C@H]2c2ccc(Cl)cc2)cc1. The molecule has 0 radical (unpaired) electrons. The fourth-order valence-electron chi connectivity index (χ4n) is 4.02. The van der Waals surface area contributed by atoms with E-state index in [9.17, 15) is 14.7 Å². The number of hydrogen-bond donors (Lipinski definition) is 1. The second-order valence-corrected chi connectivity index (χ2v) is 9.22. The van der Waals surface area contributed by atoms with Gasteiger partial charge in [-0.15, -0.1) is 0 Å². The van der Waals surface area contributed by atoms with Crippen molar-refractivity contribution in [1.29, 1.82) is 0 Å². The van der Waals surface area contributed by atoms with Crippen molar-refractivity contribution in [3.63, 3.8) is 0 Å². The minimum absolute atomic E-state index is 0.0284. The first-order valence-corrected chi connectivity index (χ1v) is 11.8. The fraction of sp³-hybridized carbons (Fsp3) is 0.115. The Labute approximate surface area is 209 Å². The van der Waals surface area contributed by atoms with E-state index in [0.717, 1.165) is 4.70 Å². The molecule has 3 aromatic carbocycles. The third kappa shape index (κ3) is 4.00. The van der Waals surface area contributed by atoms with Crippen LogP contribution in [0.3, 0.4) is 0 Å². The van der Waals surface area contributed by atoms with Gasteiger partial charge in [0.1, 0.15) is 17.3 Å². The number of rotatable bonds is 5. The van der Waals surface area contributed by atoms with Crippen molar-refractivity contribution in [3.8, 4) is 11.5 Å². The van der Waals surface area contributed by atoms with Crippen molar-refractivity contribution in [2.45, 2.75) is 6.04 Å². The standard InChI is InChI=1S/C26H19ClN2O5S/c1-33-17-9-5-15(6-10-17)23(30)21-22(14-3-7-16(27)8-4-14)29(25(32)24(21)31)26-28-19-12-11-18(34-2)13-20(19)35-26/h3-13,22,30H,1-2H3/t22-/m0/s1. The van der Waals surface area contributed by atoms with Crippen molar-refractivity contribution in [2.24, 2.45) is 0 Å². The number of benzene rings is 3. The maximum Gasteiger partial charge on any atom is 0.301 e. The summed E-state index contributed by atoms with van der Waals surface area (Å²) in [4.78, 5) is 32.6. The van der Waals surface area contributed by atoms with Crippen LogP contribution in [0.25, 0.3) is 16.0 Å². The Balaban J connectivity index is 1.69. The molecule has 1 fully saturated rings.